The van der Waals surface area contributed by atoms with Gasteiger partial charge in [-0.05, 0) is 26.2 Å². The molecule has 4 heteroatoms. The van der Waals surface area contributed by atoms with E-state index in [0.29, 0.717) is 18.2 Å². The molecule has 0 spiro atoms. The minimum atomic E-state index is 0.594. The van der Waals surface area contributed by atoms with Crippen LogP contribution in [0.5, 0.6) is 11.5 Å². The number of benzene rings is 2. The summed E-state index contributed by atoms with van der Waals surface area (Å²) in [5, 5.41) is 3.70. The van der Waals surface area contributed by atoms with E-state index in [4.69, 9.17) is 21.1 Å². The van der Waals surface area contributed by atoms with Crippen LogP contribution in [0.1, 0.15) is 26.2 Å². The molecule has 0 saturated carbocycles. The van der Waals surface area contributed by atoms with E-state index < -0.39 is 0 Å². The van der Waals surface area contributed by atoms with Gasteiger partial charge in [-0.1, -0.05) is 51.8 Å². The molecule has 2 nitrogen and oxygen atoms in total. The highest BCUT2D eigenvalue weighted by Gasteiger charge is 2.12. The minimum Gasteiger partial charge on any atom is -0.493 e. The maximum Gasteiger partial charge on any atom is 0.145 e. The van der Waals surface area contributed by atoms with Crippen molar-refractivity contribution < 1.29 is 9.47 Å². The summed E-state index contributed by atoms with van der Waals surface area (Å²) < 4.78 is 11.6. The van der Waals surface area contributed by atoms with Crippen molar-refractivity contribution in [2.75, 3.05) is 18.5 Å². The molecule has 21 heavy (non-hydrogen) atoms. The van der Waals surface area contributed by atoms with E-state index in [1.165, 1.54) is 6.42 Å². The van der Waals surface area contributed by atoms with Gasteiger partial charge in [0.05, 0.1) is 18.2 Å². The molecule has 2 rings (SSSR count). The highest BCUT2D eigenvalue weighted by molar-refractivity contribution is 9.09. The van der Waals surface area contributed by atoms with Gasteiger partial charge in [0.15, 0.2) is 0 Å². The topological polar surface area (TPSA) is 18.5 Å². The highest BCUT2D eigenvalue weighted by Crippen LogP contribution is 2.39. The molecule has 2 aromatic rings. The first kappa shape index (κ1) is 16.4. The van der Waals surface area contributed by atoms with Crippen molar-refractivity contribution in [1.29, 1.82) is 0 Å². The first-order valence-electron chi connectivity index (χ1n) is 7.30. The molecule has 0 aliphatic carbocycles. The van der Waals surface area contributed by atoms with Crippen LogP contribution in [0.25, 0.3) is 10.8 Å². The van der Waals surface area contributed by atoms with Crippen LogP contribution in [0, 0.1) is 0 Å². The van der Waals surface area contributed by atoms with Gasteiger partial charge in [-0.15, -0.1) is 0 Å². The Bertz CT molecular complexity index is 586. The van der Waals surface area contributed by atoms with Gasteiger partial charge in [0.25, 0.3) is 0 Å². The maximum absolute atomic E-state index is 6.34. The zero-order valence-corrected chi connectivity index (χ0v) is 14.5. The maximum atomic E-state index is 6.34. The summed E-state index contributed by atoms with van der Waals surface area (Å²) in [6.45, 7) is 3.26. The third-order valence-corrected chi connectivity index (χ3v) is 4.08. The number of unbranched alkanes of at least 4 members (excludes halogenated alkanes) is 2. The molecular weight excluding hydrogens is 352 g/mol. The molecule has 114 valence electrons. The summed E-state index contributed by atoms with van der Waals surface area (Å²) in [5.74, 6) is 1.57. The van der Waals surface area contributed by atoms with Crippen molar-refractivity contribution in [3.8, 4) is 11.5 Å². The summed E-state index contributed by atoms with van der Waals surface area (Å²) in [7, 11) is 0. The van der Waals surface area contributed by atoms with Crippen LogP contribution in [-0.4, -0.2) is 18.5 Å². The Balaban J connectivity index is 2.22. The lowest BCUT2D eigenvalue weighted by molar-refractivity contribution is 0.308. The lowest BCUT2D eigenvalue weighted by Crippen LogP contribution is -2.00. The SMILES string of the molecule is CCOc1c(Cl)cc(OCCCCCBr)c2ccccc12. The number of fused-ring (bicyclic) bond motifs is 1. The third kappa shape index (κ3) is 4.27. The molecular formula is C17H20BrClO2. The van der Waals surface area contributed by atoms with Gasteiger partial charge in [0, 0.05) is 22.2 Å². The van der Waals surface area contributed by atoms with Crippen molar-refractivity contribution in [1.82, 2.24) is 0 Å². The molecule has 0 N–H and O–H groups in total. The van der Waals surface area contributed by atoms with E-state index in [2.05, 4.69) is 15.9 Å². The summed E-state index contributed by atoms with van der Waals surface area (Å²) in [6, 6.07) is 9.91. The number of halogens is 2. The van der Waals surface area contributed by atoms with Crippen LogP contribution in [0.15, 0.2) is 30.3 Å². The number of alkyl halides is 1. The van der Waals surface area contributed by atoms with Crippen LogP contribution >= 0.6 is 27.5 Å². The second-order valence-electron chi connectivity index (χ2n) is 4.76. The summed E-state index contributed by atoms with van der Waals surface area (Å²) in [4.78, 5) is 0. The van der Waals surface area contributed by atoms with Gasteiger partial charge in [0.2, 0.25) is 0 Å². The van der Waals surface area contributed by atoms with Crippen molar-refractivity contribution >= 4 is 38.3 Å². The smallest absolute Gasteiger partial charge is 0.145 e. The third-order valence-electron chi connectivity index (χ3n) is 3.24. The zero-order chi connectivity index (χ0) is 15.1. The molecule has 0 aromatic heterocycles. The average Bonchev–Trinajstić information content (AvgIpc) is 2.50. The summed E-state index contributed by atoms with van der Waals surface area (Å²) in [5.41, 5.74) is 0. The largest absolute Gasteiger partial charge is 0.493 e. The molecule has 0 unspecified atom stereocenters. The molecule has 0 bridgehead atoms. The van der Waals surface area contributed by atoms with Crippen LogP contribution in [0.2, 0.25) is 5.02 Å². The van der Waals surface area contributed by atoms with E-state index >= 15 is 0 Å². The molecule has 0 fully saturated rings. The van der Waals surface area contributed by atoms with E-state index in [0.717, 1.165) is 40.4 Å². The van der Waals surface area contributed by atoms with Gasteiger partial charge >= 0.3 is 0 Å². The van der Waals surface area contributed by atoms with Crippen molar-refractivity contribution in [3.05, 3.63) is 35.4 Å². The number of hydrogen-bond donors (Lipinski definition) is 0. The lowest BCUT2D eigenvalue weighted by Gasteiger charge is -2.14. The van der Waals surface area contributed by atoms with E-state index in [1.54, 1.807) is 0 Å². The normalized spacial score (nSPS) is 10.8. The second-order valence-corrected chi connectivity index (χ2v) is 5.96. The molecule has 0 aliphatic rings. The van der Waals surface area contributed by atoms with Crippen LogP contribution in [0.4, 0.5) is 0 Å². The molecule has 0 aliphatic heterocycles. The zero-order valence-electron chi connectivity index (χ0n) is 12.2. The fourth-order valence-electron chi connectivity index (χ4n) is 2.25. The standard InChI is InChI=1S/C17H20BrClO2/c1-2-20-17-14-9-5-4-8-13(14)16(12-15(17)19)21-11-7-3-6-10-18/h4-5,8-9,12H,2-3,6-7,10-11H2,1H3. The number of hydrogen-bond acceptors (Lipinski definition) is 2. The lowest BCUT2D eigenvalue weighted by atomic mass is 10.1. The van der Waals surface area contributed by atoms with Crippen LogP contribution < -0.4 is 9.47 Å². The van der Waals surface area contributed by atoms with E-state index in [9.17, 15) is 0 Å². The van der Waals surface area contributed by atoms with Gasteiger partial charge in [-0.25, -0.2) is 0 Å². The van der Waals surface area contributed by atoms with Gasteiger partial charge in [-0.2, -0.15) is 0 Å². The predicted octanol–water partition coefficient (Wildman–Crippen LogP) is 5.84. The predicted molar refractivity (Wildman–Crippen MR) is 93.3 cm³/mol. The number of ether oxygens (including phenoxy) is 2. The first-order chi connectivity index (χ1) is 10.3. The van der Waals surface area contributed by atoms with Crippen molar-refractivity contribution in [3.63, 3.8) is 0 Å². The van der Waals surface area contributed by atoms with Gasteiger partial charge < -0.3 is 9.47 Å². The summed E-state index contributed by atoms with van der Waals surface area (Å²) in [6.07, 6.45) is 3.38. The molecule has 2 aromatic carbocycles. The number of rotatable bonds is 8. The van der Waals surface area contributed by atoms with Crippen LogP contribution in [0.3, 0.4) is 0 Å². The average molecular weight is 372 g/mol. The van der Waals surface area contributed by atoms with Gasteiger partial charge in [-0.3, -0.25) is 0 Å². The Hall–Kier alpha value is -0.930. The second kappa shape index (κ2) is 8.50. The Kier molecular flexibility index (Phi) is 6.65. The Morgan fingerprint density at radius 2 is 1.81 bits per heavy atom. The molecule has 0 saturated heterocycles. The first-order valence-corrected chi connectivity index (χ1v) is 8.80. The van der Waals surface area contributed by atoms with E-state index in [-0.39, 0.29) is 0 Å². The molecule has 0 atom stereocenters. The van der Waals surface area contributed by atoms with Crippen molar-refractivity contribution in [2.24, 2.45) is 0 Å². The molecule has 0 heterocycles. The molecule has 0 radical (unpaired) electrons. The monoisotopic (exact) mass is 370 g/mol. The Morgan fingerprint density at radius 3 is 2.52 bits per heavy atom. The highest BCUT2D eigenvalue weighted by atomic mass is 79.9. The van der Waals surface area contributed by atoms with Gasteiger partial charge in [0.1, 0.15) is 11.5 Å². The summed E-state index contributed by atoms with van der Waals surface area (Å²) >= 11 is 9.78. The fraction of sp³-hybridized carbons (Fsp3) is 0.412. The minimum absolute atomic E-state index is 0.594. The fourth-order valence-corrected chi connectivity index (χ4v) is 2.90. The quantitative estimate of drug-likeness (QED) is 0.429. The van der Waals surface area contributed by atoms with Crippen molar-refractivity contribution in [2.45, 2.75) is 26.2 Å². The molecule has 0 amide bonds. The Labute approximate surface area is 139 Å². The Morgan fingerprint density at radius 1 is 1.05 bits per heavy atom. The van der Waals surface area contributed by atoms with Crippen LogP contribution in [-0.2, 0) is 0 Å². The van der Waals surface area contributed by atoms with E-state index in [1.807, 2.05) is 37.3 Å².